The monoisotopic (exact) mass is 433 g/mol. The summed E-state index contributed by atoms with van der Waals surface area (Å²) >= 11 is 0. The molecule has 3 heterocycles. The molecule has 0 radical (unpaired) electrons. The van der Waals surface area contributed by atoms with Crippen molar-refractivity contribution in [3.8, 4) is 5.69 Å². The van der Waals surface area contributed by atoms with Crippen molar-refractivity contribution >= 4 is 11.9 Å². The number of nitrogens with zero attached hydrogens (tertiary/aromatic N) is 6. The predicted molar refractivity (Wildman–Crippen MR) is 108 cm³/mol. The summed E-state index contributed by atoms with van der Waals surface area (Å²) in [5.41, 5.74) is 0.586. The average Bonchev–Trinajstić information content (AvgIpc) is 3.27. The number of anilines is 1. The summed E-state index contributed by atoms with van der Waals surface area (Å²) in [7, 11) is 1.66. The van der Waals surface area contributed by atoms with Crippen molar-refractivity contribution in [1.82, 2.24) is 29.6 Å². The number of hydrogen-bond donors (Lipinski definition) is 1. The topological polar surface area (TPSA) is 88.8 Å². The lowest BCUT2D eigenvalue weighted by Gasteiger charge is -2.28. The van der Waals surface area contributed by atoms with Crippen LogP contribution in [0.4, 0.5) is 19.1 Å². The predicted octanol–water partition coefficient (Wildman–Crippen LogP) is 3.35. The third kappa shape index (κ3) is 5.16. The van der Waals surface area contributed by atoms with Gasteiger partial charge in [-0.3, -0.25) is 4.79 Å². The van der Waals surface area contributed by atoms with Gasteiger partial charge < -0.3 is 10.2 Å². The van der Waals surface area contributed by atoms with E-state index in [1.807, 2.05) is 6.92 Å². The summed E-state index contributed by atoms with van der Waals surface area (Å²) in [4.78, 5) is 26.6. The number of rotatable bonds is 7. The molecule has 3 aromatic rings. The second kappa shape index (κ2) is 9.11. The summed E-state index contributed by atoms with van der Waals surface area (Å²) < 4.78 is 39.5. The van der Waals surface area contributed by atoms with Gasteiger partial charge in [0.05, 0.1) is 11.3 Å². The van der Waals surface area contributed by atoms with E-state index in [-0.39, 0.29) is 30.1 Å². The molecular weight excluding hydrogens is 411 g/mol. The van der Waals surface area contributed by atoms with Crippen molar-refractivity contribution in [2.45, 2.75) is 32.5 Å². The maximum atomic E-state index is 13.2. The SMILES string of the molecule is CCC(CNc1ncc(C(F)(F)F)cn1)N(C)C(=O)c1nc(C)ccc1-n1cccn1. The van der Waals surface area contributed by atoms with Crippen LogP contribution in [0.3, 0.4) is 0 Å². The summed E-state index contributed by atoms with van der Waals surface area (Å²) in [6.07, 6.45) is 0.879. The van der Waals surface area contributed by atoms with Crippen LogP contribution in [0.25, 0.3) is 5.69 Å². The van der Waals surface area contributed by atoms with Crippen LogP contribution < -0.4 is 5.32 Å². The Hall–Kier alpha value is -3.50. The van der Waals surface area contributed by atoms with Crippen molar-refractivity contribution in [2.24, 2.45) is 0 Å². The Labute approximate surface area is 177 Å². The van der Waals surface area contributed by atoms with E-state index in [9.17, 15) is 18.0 Å². The molecule has 1 N–H and O–H groups in total. The van der Waals surface area contributed by atoms with Crippen LogP contribution in [0.15, 0.2) is 43.0 Å². The maximum absolute atomic E-state index is 13.2. The number of aromatic nitrogens is 5. The van der Waals surface area contributed by atoms with Gasteiger partial charge in [-0.25, -0.2) is 19.6 Å². The largest absolute Gasteiger partial charge is 0.419 e. The second-order valence-electron chi connectivity index (χ2n) is 6.92. The van der Waals surface area contributed by atoms with E-state index in [4.69, 9.17) is 0 Å². The molecule has 0 aliphatic heterocycles. The zero-order chi connectivity index (χ0) is 22.6. The van der Waals surface area contributed by atoms with Gasteiger partial charge in [-0.05, 0) is 31.5 Å². The molecule has 3 aromatic heterocycles. The number of nitrogens with one attached hydrogen (secondary N) is 1. The minimum atomic E-state index is -4.50. The molecule has 0 spiro atoms. The number of pyridine rings is 1. The third-order valence-electron chi connectivity index (χ3n) is 4.78. The molecule has 164 valence electrons. The fourth-order valence-corrected chi connectivity index (χ4v) is 2.97. The Balaban J connectivity index is 1.74. The fraction of sp³-hybridized carbons (Fsp3) is 0.350. The summed E-state index contributed by atoms with van der Waals surface area (Å²) in [5, 5.41) is 7.07. The van der Waals surface area contributed by atoms with Crippen molar-refractivity contribution in [3.05, 3.63) is 59.9 Å². The first kappa shape index (κ1) is 22.2. The number of aryl methyl sites for hydroxylation is 1. The zero-order valence-electron chi connectivity index (χ0n) is 17.3. The highest BCUT2D eigenvalue weighted by atomic mass is 19.4. The molecule has 1 amide bonds. The van der Waals surface area contributed by atoms with Gasteiger partial charge >= 0.3 is 6.18 Å². The number of alkyl halides is 3. The summed E-state index contributed by atoms with van der Waals surface area (Å²) in [5.74, 6) is -0.241. The number of halogens is 3. The summed E-state index contributed by atoms with van der Waals surface area (Å²) in [6, 6.07) is 5.06. The van der Waals surface area contributed by atoms with Gasteiger partial charge in [0.25, 0.3) is 5.91 Å². The van der Waals surface area contributed by atoms with Gasteiger partial charge in [-0.2, -0.15) is 18.3 Å². The van der Waals surface area contributed by atoms with Gasteiger partial charge in [0, 0.05) is 50.1 Å². The fourth-order valence-electron chi connectivity index (χ4n) is 2.97. The van der Waals surface area contributed by atoms with Crippen LogP contribution in [-0.2, 0) is 6.18 Å². The molecule has 0 aliphatic carbocycles. The number of amides is 1. The minimum Gasteiger partial charge on any atom is -0.352 e. The van der Waals surface area contributed by atoms with Crippen LogP contribution in [0, 0.1) is 6.92 Å². The lowest BCUT2D eigenvalue weighted by molar-refractivity contribution is -0.138. The number of likely N-dealkylation sites (N-methyl/N-ethyl adjacent to an activating group) is 1. The van der Waals surface area contributed by atoms with E-state index in [0.717, 1.165) is 12.4 Å². The first-order chi connectivity index (χ1) is 14.7. The molecule has 8 nitrogen and oxygen atoms in total. The van der Waals surface area contributed by atoms with E-state index < -0.39 is 11.7 Å². The Bertz CT molecular complexity index is 1020. The van der Waals surface area contributed by atoms with Crippen LogP contribution in [-0.4, -0.2) is 55.2 Å². The molecule has 3 rings (SSSR count). The standard InChI is InChI=1S/C20H22F3N7O/c1-4-15(12-26-19-24-10-14(11-25-19)20(21,22)23)29(3)18(31)17-16(7-6-13(2)28-17)30-9-5-8-27-30/h5-11,15H,4,12H2,1-3H3,(H,24,25,26). The molecule has 1 unspecified atom stereocenters. The lowest BCUT2D eigenvalue weighted by Crippen LogP contribution is -2.42. The Morgan fingerprint density at radius 2 is 1.97 bits per heavy atom. The Morgan fingerprint density at radius 3 is 2.55 bits per heavy atom. The first-order valence-corrected chi connectivity index (χ1v) is 9.58. The smallest absolute Gasteiger partial charge is 0.352 e. The van der Waals surface area contributed by atoms with Gasteiger partial charge in [-0.15, -0.1) is 0 Å². The molecule has 0 saturated carbocycles. The van der Waals surface area contributed by atoms with E-state index in [1.165, 1.54) is 0 Å². The molecule has 0 aliphatic rings. The maximum Gasteiger partial charge on any atom is 0.419 e. The van der Waals surface area contributed by atoms with Crippen LogP contribution >= 0.6 is 0 Å². The van der Waals surface area contributed by atoms with Crippen molar-refractivity contribution in [1.29, 1.82) is 0 Å². The highest BCUT2D eigenvalue weighted by molar-refractivity contribution is 5.96. The number of hydrogen-bond acceptors (Lipinski definition) is 6. The molecule has 1 atom stereocenters. The molecular formula is C20H22F3N7O. The van der Waals surface area contributed by atoms with Crippen LogP contribution in [0.1, 0.15) is 35.1 Å². The highest BCUT2D eigenvalue weighted by Gasteiger charge is 2.31. The van der Waals surface area contributed by atoms with Gasteiger partial charge in [0.1, 0.15) is 0 Å². The minimum absolute atomic E-state index is 0.0539. The van der Waals surface area contributed by atoms with E-state index in [1.54, 1.807) is 54.1 Å². The number of carbonyl (C=O) groups excluding carboxylic acids is 1. The highest BCUT2D eigenvalue weighted by Crippen LogP contribution is 2.28. The lowest BCUT2D eigenvalue weighted by atomic mass is 10.1. The van der Waals surface area contributed by atoms with Crippen molar-refractivity contribution < 1.29 is 18.0 Å². The molecule has 0 bridgehead atoms. The normalized spacial score (nSPS) is 12.5. The van der Waals surface area contributed by atoms with Crippen molar-refractivity contribution in [2.75, 3.05) is 18.9 Å². The molecule has 11 heteroatoms. The van der Waals surface area contributed by atoms with E-state index in [2.05, 4.69) is 25.4 Å². The zero-order valence-corrected chi connectivity index (χ0v) is 17.3. The van der Waals surface area contributed by atoms with E-state index >= 15 is 0 Å². The first-order valence-electron chi connectivity index (χ1n) is 9.58. The van der Waals surface area contributed by atoms with E-state index in [0.29, 0.717) is 17.8 Å². The molecule has 0 aromatic carbocycles. The number of carbonyl (C=O) groups is 1. The quantitative estimate of drug-likeness (QED) is 0.615. The molecule has 0 saturated heterocycles. The van der Waals surface area contributed by atoms with Gasteiger partial charge in [-0.1, -0.05) is 6.92 Å². The van der Waals surface area contributed by atoms with Crippen molar-refractivity contribution in [3.63, 3.8) is 0 Å². The second-order valence-corrected chi connectivity index (χ2v) is 6.92. The van der Waals surface area contributed by atoms with Crippen LogP contribution in [0.5, 0.6) is 0 Å². The van der Waals surface area contributed by atoms with Gasteiger partial charge in [0.15, 0.2) is 5.69 Å². The summed E-state index contributed by atoms with van der Waals surface area (Å²) in [6.45, 7) is 3.96. The Morgan fingerprint density at radius 1 is 1.26 bits per heavy atom. The Kier molecular flexibility index (Phi) is 6.52. The van der Waals surface area contributed by atoms with Gasteiger partial charge in [0.2, 0.25) is 5.95 Å². The molecule has 0 fully saturated rings. The molecule has 31 heavy (non-hydrogen) atoms. The average molecular weight is 433 g/mol. The van der Waals surface area contributed by atoms with Crippen LogP contribution in [0.2, 0.25) is 0 Å². The third-order valence-corrected chi connectivity index (χ3v) is 4.78.